The van der Waals surface area contributed by atoms with Crippen molar-refractivity contribution < 1.29 is 52.8 Å². The number of benzene rings is 3. The summed E-state index contributed by atoms with van der Waals surface area (Å²) in [4.78, 5) is 38.9. The molecule has 0 saturated carbocycles. The third-order valence-corrected chi connectivity index (χ3v) is 18.0. The zero-order valence-corrected chi connectivity index (χ0v) is 46.2. The molecule has 0 aliphatic carbocycles. The van der Waals surface area contributed by atoms with Crippen molar-refractivity contribution in [3.63, 3.8) is 0 Å². The van der Waals surface area contributed by atoms with Crippen molar-refractivity contribution in [2.45, 2.75) is 60.2 Å². The molecule has 2 aliphatic heterocycles. The number of hydrogen-bond donors (Lipinski definition) is 4. The van der Waals surface area contributed by atoms with Gasteiger partial charge in [0.15, 0.2) is 19.7 Å². The van der Waals surface area contributed by atoms with Crippen LogP contribution in [0.5, 0.6) is 0 Å². The number of nitrogens with zero attached hydrogens (tertiary/aromatic N) is 4. The van der Waals surface area contributed by atoms with E-state index in [1.54, 1.807) is 12.1 Å². The van der Waals surface area contributed by atoms with Gasteiger partial charge in [0.2, 0.25) is 0 Å². The predicted octanol–water partition coefficient (Wildman–Crippen LogP) is 10.5. The standard InChI is InChI=1S/C28H28ClF3N4O3S.C26H26ClF3N4O3S2/c1-19(33-12-15-40(38,39)24-10-8-23(29)9-11-24)27(37)34-18-20-16-25(35-26(17-20)36-13-2-3-14-36)21-4-6-22(7-5-21)28(30,31)32;1-17(31-10-13-39(36,37)24-9-8-22(27)38-24)25(35)32-16-18-14-21(33-23(15-18)34-11-2-3-12-34)19-4-6-20(7-5-19)26(28,29)30/h4-11,16-17,33H,1-3,12-15,18H2,(H,34,37);4-9,14-15,31H,1-3,10-13,16H2,(H,32,35). The van der Waals surface area contributed by atoms with Crippen LogP contribution in [0.2, 0.25) is 9.36 Å². The maximum absolute atomic E-state index is 13.0. The lowest BCUT2D eigenvalue weighted by molar-refractivity contribution is -0.138. The molecule has 2 saturated heterocycles. The first-order valence-electron chi connectivity index (χ1n) is 24.6. The summed E-state index contributed by atoms with van der Waals surface area (Å²) in [5, 5.41) is 11.4. The lowest BCUT2D eigenvalue weighted by Gasteiger charge is -2.19. The van der Waals surface area contributed by atoms with E-state index in [2.05, 4.69) is 54.2 Å². The maximum Gasteiger partial charge on any atom is 0.416 e. The van der Waals surface area contributed by atoms with Gasteiger partial charge in [-0.25, -0.2) is 26.8 Å². The van der Waals surface area contributed by atoms with E-state index < -0.39 is 55.0 Å². The van der Waals surface area contributed by atoms with Crippen molar-refractivity contribution in [3.8, 4) is 22.5 Å². The number of carbonyl (C=O) groups is 2. The minimum atomic E-state index is -4.44. The number of amides is 2. The first-order chi connectivity index (χ1) is 37.3. The molecule has 14 nitrogen and oxygen atoms in total. The van der Waals surface area contributed by atoms with Crippen molar-refractivity contribution in [3.05, 3.63) is 165 Å². The number of alkyl halides is 6. The van der Waals surface area contributed by atoms with E-state index in [4.69, 9.17) is 23.2 Å². The Labute approximate surface area is 467 Å². The number of anilines is 2. The molecule has 25 heteroatoms. The molecule has 0 atom stereocenters. The quantitative estimate of drug-likeness (QED) is 0.0420. The van der Waals surface area contributed by atoms with Crippen LogP contribution in [0.15, 0.2) is 143 Å². The number of sulfone groups is 2. The largest absolute Gasteiger partial charge is 0.416 e. The van der Waals surface area contributed by atoms with E-state index in [-0.39, 0.29) is 58.2 Å². The summed E-state index contributed by atoms with van der Waals surface area (Å²) in [7, 11) is -7.12. The second-order valence-electron chi connectivity index (χ2n) is 18.3. The number of hydrogen-bond acceptors (Lipinski definition) is 13. The molecule has 4 N–H and O–H groups in total. The average molecular weight is 1190 g/mol. The van der Waals surface area contributed by atoms with Crippen molar-refractivity contribution in [1.82, 2.24) is 31.2 Å². The smallest absolute Gasteiger partial charge is 0.380 e. The van der Waals surface area contributed by atoms with Crippen LogP contribution in [-0.2, 0) is 54.7 Å². The number of thiophene rings is 1. The van der Waals surface area contributed by atoms with Crippen LogP contribution in [-0.4, -0.2) is 89.4 Å². The van der Waals surface area contributed by atoms with Gasteiger partial charge in [0.25, 0.3) is 11.8 Å². The van der Waals surface area contributed by atoms with E-state index in [9.17, 15) is 52.8 Å². The summed E-state index contributed by atoms with van der Waals surface area (Å²) in [5.74, 6) is -0.146. The Morgan fingerprint density at radius 2 is 0.962 bits per heavy atom. The Balaban J connectivity index is 0.000000229. The van der Waals surface area contributed by atoms with E-state index in [1.807, 2.05) is 12.1 Å². The van der Waals surface area contributed by atoms with Gasteiger partial charge in [0, 0.05) is 68.5 Å². The molecule has 2 aliphatic rings. The number of nitrogens with one attached hydrogen (secondary N) is 4. The molecule has 2 fully saturated rings. The van der Waals surface area contributed by atoms with Crippen molar-refractivity contribution >= 4 is 77.7 Å². The maximum atomic E-state index is 13.0. The normalized spacial score (nSPS) is 13.8. The molecule has 3 aromatic carbocycles. The summed E-state index contributed by atoms with van der Waals surface area (Å²) in [6, 6.07) is 25.5. The third kappa shape index (κ3) is 16.9. The summed E-state index contributed by atoms with van der Waals surface area (Å²) in [5.41, 5.74) is 1.97. The Morgan fingerprint density at radius 1 is 0.557 bits per heavy atom. The van der Waals surface area contributed by atoms with Gasteiger partial charge in [-0.05, 0) is 122 Å². The van der Waals surface area contributed by atoms with Gasteiger partial charge >= 0.3 is 12.4 Å². The first-order valence-corrected chi connectivity index (χ1v) is 29.5. The van der Waals surface area contributed by atoms with Gasteiger partial charge < -0.3 is 31.1 Å². The summed E-state index contributed by atoms with van der Waals surface area (Å²) >= 11 is 12.6. The topological polar surface area (TPSA) is 183 Å². The highest BCUT2D eigenvalue weighted by Crippen LogP contribution is 2.34. The molecular weight excluding hydrogens is 1140 g/mol. The van der Waals surface area contributed by atoms with E-state index >= 15 is 0 Å². The van der Waals surface area contributed by atoms with Crippen LogP contribution in [0, 0.1) is 0 Å². The second kappa shape index (κ2) is 26.1. The molecular formula is C54H54Cl2F6N8O6S3. The second-order valence-corrected chi connectivity index (χ2v) is 24.9. The minimum Gasteiger partial charge on any atom is -0.380 e. The molecule has 0 bridgehead atoms. The Bertz CT molecular complexity index is 3370. The molecule has 420 valence electrons. The molecule has 0 spiro atoms. The SMILES string of the molecule is C=C(NCCS(=O)(=O)c1ccc(Cl)cc1)C(=O)NCc1cc(-c2ccc(C(F)(F)F)cc2)nc(N2CCCC2)c1.C=C(NCCS(=O)(=O)c1ccc(Cl)s1)C(=O)NCc1cc(-c2ccc(C(F)(F)F)cc2)nc(N2CCCC2)c1. The molecule has 2 amide bonds. The van der Waals surface area contributed by atoms with E-state index in [0.29, 0.717) is 54.6 Å². The fraction of sp³-hybridized carbons (Fsp3) is 0.296. The van der Waals surface area contributed by atoms with Crippen LogP contribution >= 0.6 is 34.5 Å². The van der Waals surface area contributed by atoms with Crippen LogP contribution in [0.4, 0.5) is 38.0 Å². The zero-order valence-electron chi connectivity index (χ0n) is 42.2. The summed E-state index contributed by atoms with van der Waals surface area (Å²) < 4.78 is 128. The van der Waals surface area contributed by atoms with Crippen molar-refractivity contribution in [2.24, 2.45) is 0 Å². The number of halogens is 8. The minimum absolute atomic E-state index is 0.00286. The van der Waals surface area contributed by atoms with Crippen LogP contribution in [0.25, 0.3) is 22.5 Å². The molecule has 0 unspecified atom stereocenters. The average Bonchev–Trinajstić information content (AvgIpc) is 4.30. The number of aromatic nitrogens is 2. The van der Waals surface area contributed by atoms with Gasteiger partial charge in [-0.1, -0.05) is 60.6 Å². The van der Waals surface area contributed by atoms with E-state index in [1.165, 1.54) is 60.7 Å². The van der Waals surface area contributed by atoms with Gasteiger partial charge in [0.05, 0.1) is 54.6 Å². The Morgan fingerprint density at radius 3 is 1.34 bits per heavy atom. The zero-order chi connectivity index (χ0) is 57.1. The molecule has 79 heavy (non-hydrogen) atoms. The lowest BCUT2D eigenvalue weighted by Crippen LogP contribution is -2.33. The molecule has 0 radical (unpaired) electrons. The Kier molecular flexibility index (Phi) is 19.8. The number of pyridine rings is 2. The molecule has 8 rings (SSSR count). The van der Waals surface area contributed by atoms with Crippen LogP contribution in [0.1, 0.15) is 47.9 Å². The van der Waals surface area contributed by atoms with Crippen molar-refractivity contribution in [1.29, 1.82) is 0 Å². The van der Waals surface area contributed by atoms with E-state index in [0.717, 1.165) is 87.5 Å². The fourth-order valence-corrected chi connectivity index (χ4v) is 12.3. The molecule has 5 heterocycles. The monoisotopic (exact) mass is 1190 g/mol. The Hall–Kier alpha value is -6.66. The van der Waals surface area contributed by atoms with Crippen LogP contribution in [0.3, 0.4) is 0 Å². The summed E-state index contributed by atoms with van der Waals surface area (Å²) in [6.45, 7) is 10.8. The van der Waals surface area contributed by atoms with Gasteiger partial charge in [-0.2, -0.15) is 26.3 Å². The predicted molar refractivity (Wildman–Crippen MR) is 295 cm³/mol. The van der Waals surface area contributed by atoms with Gasteiger partial charge in [-0.3, -0.25) is 9.59 Å². The highest BCUT2D eigenvalue weighted by molar-refractivity contribution is 7.93. The number of carbonyl (C=O) groups excluding carboxylic acids is 2. The van der Waals surface area contributed by atoms with Gasteiger partial charge in [-0.15, -0.1) is 11.3 Å². The lowest BCUT2D eigenvalue weighted by atomic mass is 10.1. The number of rotatable bonds is 20. The highest BCUT2D eigenvalue weighted by Gasteiger charge is 2.31. The van der Waals surface area contributed by atoms with Crippen molar-refractivity contribution in [2.75, 3.05) is 60.6 Å². The third-order valence-electron chi connectivity index (χ3n) is 12.5. The fourth-order valence-electron chi connectivity index (χ4n) is 8.25. The van der Waals surface area contributed by atoms with Gasteiger partial charge in [0.1, 0.15) is 15.8 Å². The van der Waals surface area contributed by atoms with Crippen LogP contribution < -0.4 is 31.1 Å². The first kappa shape index (κ1) is 60.0. The summed E-state index contributed by atoms with van der Waals surface area (Å²) in [6.07, 6.45) is -4.82. The molecule has 3 aromatic heterocycles. The highest BCUT2D eigenvalue weighted by atomic mass is 35.5. The molecule has 6 aromatic rings.